The van der Waals surface area contributed by atoms with E-state index in [1.807, 2.05) is 55.5 Å². The number of carbonyl (C=O) groups is 2. The Bertz CT molecular complexity index is 1160. The van der Waals surface area contributed by atoms with Crippen LogP contribution in [0.15, 0.2) is 71.7 Å². The van der Waals surface area contributed by atoms with Crippen molar-refractivity contribution in [3.63, 3.8) is 0 Å². The minimum atomic E-state index is -0.669. The molecule has 6 nitrogen and oxygen atoms in total. The summed E-state index contributed by atoms with van der Waals surface area (Å²) in [6, 6.07) is 17.4. The van der Waals surface area contributed by atoms with Crippen LogP contribution in [0.25, 0.3) is 0 Å². The molecule has 0 fully saturated rings. The fourth-order valence-electron chi connectivity index (χ4n) is 3.73. The smallest absolute Gasteiger partial charge is 0.259 e. The molecule has 6 heteroatoms. The van der Waals surface area contributed by atoms with Crippen LogP contribution in [0, 0.1) is 6.92 Å². The third kappa shape index (κ3) is 3.76. The van der Waals surface area contributed by atoms with Gasteiger partial charge in [0.05, 0.1) is 0 Å². The zero-order chi connectivity index (χ0) is 21.3. The molecule has 0 saturated heterocycles. The number of amides is 2. The number of carbonyl (C=O) groups excluding carboxylic acids is 2. The van der Waals surface area contributed by atoms with E-state index in [9.17, 15) is 14.4 Å². The van der Waals surface area contributed by atoms with Crippen LogP contribution in [-0.2, 0) is 18.3 Å². The predicted molar refractivity (Wildman–Crippen MR) is 117 cm³/mol. The van der Waals surface area contributed by atoms with Crippen LogP contribution >= 0.6 is 0 Å². The summed E-state index contributed by atoms with van der Waals surface area (Å²) in [4.78, 5) is 40.2. The molecule has 4 rings (SSSR count). The van der Waals surface area contributed by atoms with E-state index in [1.165, 1.54) is 15.5 Å². The molecule has 1 atom stereocenters. The van der Waals surface area contributed by atoms with Gasteiger partial charge in [-0.3, -0.25) is 19.3 Å². The molecule has 2 amide bonds. The van der Waals surface area contributed by atoms with Crippen LogP contribution in [0.3, 0.4) is 0 Å². The number of aromatic nitrogens is 1. The van der Waals surface area contributed by atoms with E-state index < -0.39 is 6.04 Å². The van der Waals surface area contributed by atoms with Crippen LogP contribution in [-0.4, -0.2) is 22.4 Å². The summed E-state index contributed by atoms with van der Waals surface area (Å²) in [5.41, 5.74) is 3.50. The highest BCUT2D eigenvalue weighted by molar-refractivity contribution is 6.12. The number of para-hydroxylation sites is 1. The van der Waals surface area contributed by atoms with Crippen molar-refractivity contribution in [3.8, 4) is 0 Å². The van der Waals surface area contributed by atoms with E-state index in [0.29, 0.717) is 24.2 Å². The summed E-state index contributed by atoms with van der Waals surface area (Å²) in [6.45, 7) is 1.98. The largest absolute Gasteiger partial charge is 0.324 e. The third-order valence-electron chi connectivity index (χ3n) is 5.44. The SMILES string of the molecule is Cc1ccc(NC(=O)C2CCc3ccccc3N2C(=O)c2ccn(C)c(=O)c2)cc1. The zero-order valence-corrected chi connectivity index (χ0v) is 17.0. The number of anilines is 2. The van der Waals surface area contributed by atoms with Crippen molar-refractivity contribution in [1.29, 1.82) is 0 Å². The second-order valence-corrected chi connectivity index (χ2v) is 7.58. The molecule has 0 aliphatic carbocycles. The van der Waals surface area contributed by atoms with E-state index >= 15 is 0 Å². The molecule has 30 heavy (non-hydrogen) atoms. The molecule has 3 aromatic rings. The molecule has 0 bridgehead atoms. The number of hydrogen-bond acceptors (Lipinski definition) is 3. The van der Waals surface area contributed by atoms with Gasteiger partial charge in [-0.2, -0.15) is 0 Å². The van der Waals surface area contributed by atoms with Gasteiger partial charge in [-0.25, -0.2) is 0 Å². The number of nitrogens with one attached hydrogen (secondary N) is 1. The average molecular weight is 401 g/mol. The summed E-state index contributed by atoms with van der Waals surface area (Å²) in [5.74, 6) is -0.602. The first-order chi connectivity index (χ1) is 14.4. The summed E-state index contributed by atoms with van der Waals surface area (Å²) in [7, 11) is 1.63. The average Bonchev–Trinajstić information content (AvgIpc) is 2.76. The Morgan fingerprint density at radius 3 is 2.50 bits per heavy atom. The highest BCUT2D eigenvalue weighted by atomic mass is 16.2. The lowest BCUT2D eigenvalue weighted by molar-refractivity contribution is -0.117. The van der Waals surface area contributed by atoms with Gasteiger partial charge in [0, 0.05) is 36.2 Å². The van der Waals surface area contributed by atoms with Gasteiger partial charge in [0.2, 0.25) is 5.91 Å². The van der Waals surface area contributed by atoms with E-state index in [0.717, 1.165) is 11.1 Å². The van der Waals surface area contributed by atoms with Gasteiger partial charge in [-0.1, -0.05) is 35.9 Å². The first-order valence-electron chi connectivity index (χ1n) is 9.90. The molecule has 1 aromatic heterocycles. The lowest BCUT2D eigenvalue weighted by atomic mass is 9.94. The van der Waals surface area contributed by atoms with E-state index in [-0.39, 0.29) is 22.9 Å². The maximum atomic E-state index is 13.4. The standard InChI is InChI=1S/C24H23N3O3/c1-16-7-10-19(11-8-16)25-23(29)21-12-9-17-5-3-4-6-20(17)27(21)24(30)18-13-14-26(2)22(28)15-18/h3-8,10-11,13-15,21H,9,12H2,1-2H3,(H,25,29). The van der Waals surface area contributed by atoms with Gasteiger partial charge < -0.3 is 9.88 Å². The molecule has 2 heterocycles. The van der Waals surface area contributed by atoms with Crippen molar-refractivity contribution < 1.29 is 9.59 Å². The topological polar surface area (TPSA) is 71.4 Å². The number of benzene rings is 2. The second-order valence-electron chi connectivity index (χ2n) is 7.58. The number of pyridine rings is 1. The minimum Gasteiger partial charge on any atom is -0.324 e. The molecule has 152 valence electrons. The Kier molecular flexibility index (Phi) is 5.23. The first kappa shape index (κ1) is 19.6. The lowest BCUT2D eigenvalue weighted by Gasteiger charge is -2.36. The molecule has 1 aliphatic heterocycles. The fraction of sp³-hybridized carbons (Fsp3) is 0.208. The van der Waals surface area contributed by atoms with Gasteiger partial charge in [0.15, 0.2) is 0 Å². The Morgan fingerprint density at radius 2 is 1.77 bits per heavy atom. The highest BCUT2D eigenvalue weighted by Gasteiger charge is 2.36. The Balaban J connectivity index is 1.70. The summed E-state index contributed by atoms with van der Waals surface area (Å²) in [6.07, 6.45) is 2.76. The number of rotatable bonds is 3. The van der Waals surface area contributed by atoms with Crippen LogP contribution in [0.5, 0.6) is 0 Å². The summed E-state index contributed by atoms with van der Waals surface area (Å²) in [5, 5.41) is 2.93. The van der Waals surface area contributed by atoms with Crippen LogP contribution in [0.4, 0.5) is 11.4 Å². The van der Waals surface area contributed by atoms with Crippen LogP contribution in [0.2, 0.25) is 0 Å². The normalized spacial score (nSPS) is 15.4. The number of aryl methyl sites for hydroxylation is 3. The van der Waals surface area contributed by atoms with Crippen LogP contribution < -0.4 is 15.8 Å². The number of nitrogens with zero attached hydrogens (tertiary/aromatic N) is 2. The lowest BCUT2D eigenvalue weighted by Crippen LogP contribution is -2.50. The van der Waals surface area contributed by atoms with Crippen molar-refractivity contribution in [2.75, 3.05) is 10.2 Å². The summed E-state index contributed by atoms with van der Waals surface area (Å²) < 4.78 is 1.41. The van der Waals surface area contributed by atoms with Crippen molar-refractivity contribution in [3.05, 3.63) is 93.9 Å². The molecule has 0 spiro atoms. The quantitative estimate of drug-likeness (QED) is 0.732. The van der Waals surface area contributed by atoms with Gasteiger partial charge in [-0.05, 0) is 49.6 Å². The maximum absolute atomic E-state index is 13.4. The molecule has 0 saturated carbocycles. The predicted octanol–water partition coefficient (Wildman–Crippen LogP) is 3.29. The molecule has 1 aliphatic rings. The number of fused-ring (bicyclic) bond motifs is 1. The van der Waals surface area contributed by atoms with Gasteiger partial charge in [0.1, 0.15) is 6.04 Å². The van der Waals surface area contributed by atoms with E-state index in [2.05, 4.69) is 5.32 Å². The van der Waals surface area contributed by atoms with Gasteiger partial charge in [0.25, 0.3) is 11.5 Å². The number of hydrogen-bond donors (Lipinski definition) is 1. The highest BCUT2D eigenvalue weighted by Crippen LogP contribution is 2.32. The summed E-state index contributed by atoms with van der Waals surface area (Å²) >= 11 is 0. The van der Waals surface area contributed by atoms with Crippen molar-refractivity contribution in [2.45, 2.75) is 25.8 Å². The van der Waals surface area contributed by atoms with Crippen LogP contribution in [0.1, 0.15) is 27.9 Å². The monoisotopic (exact) mass is 401 g/mol. The van der Waals surface area contributed by atoms with E-state index in [1.54, 1.807) is 19.3 Å². The van der Waals surface area contributed by atoms with E-state index in [4.69, 9.17) is 0 Å². The van der Waals surface area contributed by atoms with Gasteiger partial charge >= 0.3 is 0 Å². The van der Waals surface area contributed by atoms with Crippen molar-refractivity contribution in [2.24, 2.45) is 7.05 Å². The zero-order valence-electron chi connectivity index (χ0n) is 17.0. The Hall–Kier alpha value is -3.67. The minimum absolute atomic E-state index is 0.245. The molecule has 1 N–H and O–H groups in total. The molecule has 0 radical (unpaired) electrons. The molecule has 2 aromatic carbocycles. The fourth-order valence-corrected chi connectivity index (χ4v) is 3.73. The maximum Gasteiger partial charge on any atom is 0.259 e. The first-order valence-corrected chi connectivity index (χ1v) is 9.90. The second kappa shape index (κ2) is 7.99. The molecular weight excluding hydrogens is 378 g/mol. The third-order valence-corrected chi connectivity index (χ3v) is 5.44. The molecule has 1 unspecified atom stereocenters. The van der Waals surface area contributed by atoms with Crippen molar-refractivity contribution >= 4 is 23.2 Å². The Morgan fingerprint density at radius 1 is 1.03 bits per heavy atom. The van der Waals surface area contributed by atoms with Crippen molar-refractivity contribution in [1.82, 2.24) is 4.57 Å². The molecular formula is C24H23N3O3. The Labute approximate surface area is 174 Å². The van der Waals surface area contributed by atoms with Gasteiger partial charge in [-0.15, -0.1) is 0 Å².